The number of nitrogens with zero attached hydrogens (tertiary/aromatic N) is 1. The van der Waals surface area contributed by atoms with Crippen LogP contribution in [0.1, 0.15) is 38.5 Å². The highest BCUT2D eigenvalue weighted by atomic mass is 16.4. The van der Waals surface area contributed by atoms with Crippen LogP contribution >= 0.6 is 0 Å². The van der Waals surface area contributed by atoms with Crippen molar-refractivity contribution in [3.8, 4) is 0 Å². The largest absolute Gasteiger partial charge is 0.481 e. The van der Waals surface area contributed by atoms with Crippen LogP contribution in [0.2, 0.25) is 0 Å². The summed E-state index contributed by atoms with van der Waals surface area (Å²) in [5.74, 6) is -0.277. The van der Waals surface area contributed by atoms with Crippen molar-refractivity contribution in [2.45, 2.75) is 50.6 Å². The van der Waals surface area contributed by atoms with E-state index in [1.165, 1.54) is 12.8 Å². The number of amides is 1. The summed E-state index contributed by atoms with van der Waals surface area (Å²) in [6, 6.07) is -0.581. The molecule has 1 heterocycles. The minimum atomic E-state index is -0.842. The highest BCUT2D eigenvalue weighted by molar-refractivity contribution is 5.83. The minimum Gasteiger partial charge on any atom is -0.481 e. The SMILES string of the molecule is NC(CC1CC1)C(=O)N1CCCC1CC(=O)O. The average Bonchev–Trinajstić information content (AvgIpc) is 2.95. The van der Waals surface area contributed by atoms with E-state index in [9.17, 15) is 9.59 Å². The Morgan fingerprint density at radius 1 is 1.35 bits per heavy atom. The van der Waals surface area contributed by atoms with Gasteiger partial charge in [0.15, 0.2) is 0 Å². The van der Waals surface area contributed by atoms with Gasteiger partial charge in [0.05, 0.1) is 12.5 Å². The van der Waals surface area contributed by atoms with Gasteiger partial charge in [-0.3, -0.25) is 9.59 Å². The zero-order chi connectivity index (χ0) is 12.4. The normalized spacial score (nSPS) is 25.9. The van der Waals surface area contributed by atoms with Crippen molar-refractivity contribution in [3.63, 3.8) is 0 Å². The van der Waals surface area contributed by atoms with E-state index in [0.29, 0.717) is 12.5 Å². The number of hydrogen-bond acceptors (Lipinski definition) is 3. The summed E-state index contributed by atoms with van der Waals surface area (Å²) in [4.78, 5) is 24.5. The molecule has 0 spiro atoms. The number of rotatable bonds is 5. The molecule has 0 aromatic heterocycles. The topological polar surface area (TPSA) is 83.6 Å². The lowest BCUT2D eigenvalue weighted by atomic mass is 10.1. The molecule has 2 unspecified atom stereocenters. The predicted octanol–water partition coefficient (Wildman–Crippen LogP) is 0.579. The number of hydrogen-bond donors (Lipinski definition) is 2. The van der Waals surface area contributed by atoms with Crippen LogP contribution in [0.4, 0.5) is 0 Å². The molecule has 1 aliphatic heterocycles. The first-order valence-corrected chi connectivity index (χ1v) is 6.35. The monoisotopic (exact) mass is 240 g/mol. The fourth-order valence-corrected chi connectivity index (χ4v) is 2.57. The Balaban J connectivity index is 1.89. The molecule has 1 aliphatic carbocycles. The van der Waals surface area contributed by atoms with E-state index in [-0.39, 0.29) is 18.4 Å². The second kappa shape index (κ2) is 5.04. The van der Waals surface area contributed by atoms with Crippen LogP contribution in [0.5, 0.6) is 0 Å². The molecule has 5 nitrogen and oxygen atoms in total. The molecule has 0 aromatic rings. The maximum atomic E-state index is 12.1. The molecule has 2 aliphatic rings. The smallest absolute Gasteiger partial charge is 0.305 e. The van der Waals surface area contributed by atoms with Gasteiger partial charge in [0.1, 0.15) is 0 Å². The zero-order valence-corrected chi connectivity index (χ0v) is 9.97. The van der Waals surface area contributed by atoms with E-state index in [1.807, 2.05) is 0 Å². The highest BCUT2D eigenvalue weighted by Crippen LogP contribution is 2.33. The fourth-order valence-electron chi connectivity index (χ4n) is 2.57. The molecular weight excluding hydrogens is 220 g/mol. The van der Waals surface area contributed by atoms with Gasteiger partial charge < -0.3 is 15.7 Å². The molecule has 5 heteroatoms. The molecule has 0 bridgehead atoms. The van der Waals surface area contributed by atoms with Gasteiger partial charge in [-0.2, -0.15) is 0 Å². The first-order valence-electron chi connectivity index (χ1n) is 6.35. The summed E-state index contributed by atoms with van der Waals surface area (Å²) in [5, 5.41) is 8.80. The first kappa shape index (κ1) is 12.4. The number of carboxylic acids is 1. The van der Waals surface area contributed by atoms with Gasteiger partial charge in [-0.25, -0.2) is 0 Å². The number of carbonyl (C=O) groups is 2. The Labute approximate surface area is 101 Å². The third kappa shape index (κ3) is 3.19. The van der Waals surface area contributed by atoms with Crippen molar-refractivity contribution in [2.24, 2.45) is 11.7 Å². The van der Waals surface area contributed by atoms with Gasteiger partial charge in [0.2, 0.25) is 5.91 Å². The summed E-state index contributed by atoms with van der Waals surface area (Å²) >= 11 is 0. The van der Waals surface area contributed by atoms with Crippen LogP contribution in [0.3, 0.4) is 0 Å². The van der Waals surface area contributed by atoms with Crippen molar-refractivity contribution in [1.29, 1.82) is 0 Å². The molecule has 3 N–H and O–H groups in total. The summed E-state index contributed by atoms with van der Waals surface area (Å²) in [6.07, 6.45) is 4.84. The summed E-state index contributed by atoms with van der Waals surface area (Å²) in [5.41, 5.74) is 5.89. The lowest BCUT2D eigenvalue weighted by Gasteiger charge is -2.26. The van der Waals surface area contributed by atoms with Gasteiger partial charge in [-0.05, 0) is 25.2 Å². The van der Waals surface area contributed by atoms with Crippen molar-refractivity contribution >= 4 is 11.9 Å². The second-order valence-corrected chi connectivity index (χ2v) is 5.21. The van der Waals surface area contributed by atoms with Gasteiger partial charge in [0.25, 0.3) is 0 Å². The van der Waals surface area contributed by atoms with Crippen LogP contribution < -0.4 is 5.73 Å². The maximum Gasteiger partial charge on any atom is 0.305 e. The number of nitrogens with two attached hydrogens (primary N) is 1. The molecule has 2 atom stereocenters. The molecular formula is C12H20N2O3. The molecule has 0 radical (unpaired) electrons. The molecule has 1 saturated carbocycles. The van der Waals surface area contributed by atoms with E-state index in [2.05, 4.69) is 0 Å². The van der Waals surface area contributed by atoms with Crippen LogP contribution in [0, 0.1) is 5.92 Å². The van der Waals surface area contributed by atoms with E-state index >= 15 is 0 Å². The molecule has 1 amide bonds. The van der Waals surface area contributed by atoms with E-state index in [0.717, 1.165) is 19.3 Å². The van der Waals surface area contributed by atoms with E-state index in [4.69, 9.17) is 10.8 Å². The Hall–Kier alpha value is -1.10. The molecule has 2 rings (SSSR count). The average molecular weight is 240 g/mol. The summed E-state index contributed by atoms with van der Waals surface area (Å²) < 4.78 is 0. The van der Waals surface area contributed by atoms with Crippen LogP contribution in [-0.2, 0) is 9.59 Å². The first-order chi connectivity index (χ1) is 8.08. The van der Waals surface area contributed by atoms with Crippen LogP contribution in [-0.4, -0.2) is 40.5 Å². The number of likely N-dealkylation sites (tertiary alicyclic amines) is 1. The van der Waals surface area contributed by atoms with Crippen molar-refractivity contribution < 1.29 is 14.7 Å². The maximum absolute atomic E-state index is 12.1. The van der Waals surface area contributed by atoms with Crippen LogP contribution in [0.15, 0.2) is 0 Å². The quantitative estimate of drug-likeness (QED) is 0.736. The molecule has 0 aromatic carbocycles. The molecule has 17 heavy (non-hydrogen) atoms. The van der Waals surface area contributed by atoms with Crippen molar-refractivity contribution in [2.75, 3.05) is 6.54 Å². The lowest BCUT2D eigenvalue weighted by Crippen LogP contribution is -2.46. The van der Waals surface area contributed by atoms with E-state index < -0.39 is 12.0 Å². The Kier molecular flexibility index (Phi) is 3.66. The van der Waals surface area contributed by atoms with Crippen LogP contribution in [0.25, 0.3) is 0 Å². The standard InChI is InChI=1S/C12H20N2O3/c13-10(6-8-3-4-8)12(17)14-5-1-2-9(14)7-11(15)16/h8-10H,1-7,13H2,(H,15,16). The van der Waals surface area contributed by atoms with Gasteiger partial charge >= 0.3 is 5.97 Å². The van der Waals surface area contributed by atoms with Gasteiger partial charge in [-0.1, -0.05) is 12.8 Å². The Morgan fingerprint density at radius 2 is 2.06 bits per heavy atom. The van der Waals surface area contributed by atoms with Crippen molar-refractivity contribution in [3.05, 3.63) is 0 Å². The van der Waals surface area contributed by atoms with Gasteiger partial charge in [-0.15, -0.1) is 0 Å². The number of carbonyl (C=O) groups excluding carboxylic acids is 1. The number of carboxylic acid groups (broad SMARTS) is 1. The predicted molar refractivity (Wildman–Crippen MR) is 62.3 cm³/mol. The second-order valence-electron chi connectivity index (χ2n) is 5.21. The molecule has 1 saturated heterocycles. The number of aliphatic carboxylic acids is 1. The van der Waals surface area contributed by atoms with Crippen molar-refractivity contribution in [1.82, 2.24) is 4.90 Å². The minimum absolute atomic E-state index is 0.0435. The third-order valence-corrected chi connectivity index (χ3v) is 3.67. The van der Waals surface area contributed by atoms with E-state index in [1.54, 1.807) is 4.90 Å². The van der Waals surface area contributed by atoms with Gasteiger partial charge in [0, 0.05) is 12.6 Å². The summed E-state index contributed by atoms with van der Waals surface area (Å²) in [6.45, 7) is 0.662. The summed E-state index contributed by atoms with van der Waals surface area (Å²) in [7, 11) is 0. The lowest BCUT2D eigenvalue weighted by molar-refractivity contribution is -0.140. The Morgan fingerprint density at radius 3 is 2.65 bits per heavy atom. The molecule has 96 valence electrons. The molecule has 2 fully saturated rings. The zero-order valence-electron chi connectivity index (χ0n) is 9.97. The Bertz CT molecular complexity index is 315. The fraction of sp³-hybridized carbons (Fsp3) is 0.833. The third-order valence-electron chi connectivity index (χ3n) is 3.67. The highest BCUT2D eigenvalue weighted by Gasteiger charge is 2.35.